The number of esters is 12. The molecule has 0 aromatic heterocycles. The Labute approximate surface area is 729 Å². The fraction of sp³-hybridized carbons (Fsp3) is 0.542. The van der Waals surface area contributed by atoms with Gasteiger partial charge in [0, 0.05) is 73.7 Å². The van der Waals surface area contributed by atoms with E-state index < -0.39 is 97.3 Å². The zero-order chi connectivity index (χ0) is 90.6. The van der Waals surface area contributed by atoms with Crippen LogP contribution in [0.15, 0.2) is 97.1 Å². The second-order valence-electron chi connectivity index (χ2n) is 30.2. The molecular weight excluding hydrogens is 1600 g/mol. The average molecular weight is 1730 g/mol. The molecule has 1 aliphatic carbocycles. The van der Waals surface area contributed by atoms with Crippen LogP contribution in [0.25, 0.3) is 0 Å². The molecule has 28 heteroatoms. The van der Waals surface area contributed by atoms with E-state index >= 15 is 0 Å². The minimum Gasteiger partial charge on any atom is -0.489 e. The van der Waals surface area contributed by atoms with Crippen LogP contribution in [0.3, 0.4) is 0 Å². The van der Waals surface area contributed by atoms with E-state index in [1.54, 1.807) is 0 Å². The van der Waals surface area contributed by atoms with Crippen LogP contribution in [0.4, 0.5) is 0 Å². The predicted octanol–water partition coefficient (Wildman–Crippen LogP) is 14.8. The van der Waals surface area contributed by atoms with Crippen molar-refractivity contribution in [2.24, 2.45) is 0 Å². The molecule has 28 nitrogen and oxygen atoms in total. The largest absolute Gasteiger partial charge is 0.489 e. The maximum absolute atomic E-state index is 13.7. The van der Waals surface area contributed by atoms with E-state index in [0.29, 0.717) is 48.7 Å². The highest BCUT2D eigenvalue weighted by Crippen LogP contribution is 2.42. The molecule has 0 spiro atoms. The van der Waals surface area contributed by atoms with Crippen molar-refractivity contribution in [1.82, 2.24) is 0 Å². The van der Waals surface area contributed by atoms with Crippen molar-refractivity contribution in [3.8, 4) is 23.0 Å². The lowest BCUT2D eigenvalue weighted by Crippen LogP contribution is -2.18. The first kappa shape index (κ1) is 103. The number of methoxy groups -OCH3 is 4. The number of hydrogen-bond donors (Lipinski definition) is 0. The van der Waals surface area contributed by atoms with Crippen LogP contribution in [0.2, 0.25) is 0 Å². The van der Waals surface area contributed by atoms with Crippen LogP contribution in [-0.2, 0) is 166 Å². The Morgan fingerprint density at radius 1 is 0.242 bits per heavy atom. The molecule has 0 saturated heterocycles. The first-order chi connectivity index (χ1) is 59.8. The molecular formula is C96H128O28. The maximum atomic E-state index is 13.7. The molecule has 0 aliphatic heterocycles. The molecule has 4 aromatic rings. The monoisotopic (exact) mass is 1730 g/mol. The van der Waals surface area contributed by atoms with E-state index in [2.05, 4.69) is 121 Å². The fourth-order valence-corrected chi connectivity index (χ4v) is 13.6. The predicted molar refractivity (Wildman–Crippen MR) is 460 cm³/mol. The molecule has 4 aromatic carbocycles. The highest BCUT2D eigenvalue weighted by atomic mass is 16.6. The second-order valence-corrected chi connectivity index (χ2v) is 30.2. The molecule has 0 atom stereocenters. The fourth-order valence-electron chi connectivity index (χ4n) is 13.6. The Morgan fingerprint density at radius 2 is 0.427 bits per heavy atom. The van der Waals surface area contributed by atoms with Gasteiger partial charge in [-0.05, 0) is 118 Å². The van der Waals surface area contributed by atoms with Gasteiger partial charge in [0.1, 0.15) is 102 Å². The van der Waals surface area contributed by atoms with Crippen LogP contribution in [0, 0.1) is 0 Å². The van der Waals surface area contributed by atoms with Gasteiger partial charge in [-0.2, -0.15) is 0 Å². The number of carbonyl (C=O) groups excluding carboxylic acids is 12. The molecule has 0 heterocycles. The Kier molecular flexibility index (Phi) is 48.9. The molecule has 680 valence electrons. The number of carbonyl (C=O) groups is 12. The van der Waals surface area contributed by atoms with Crippen molar-refractivity contribution in [2.45, 2.75) is 233 Å². The summed E-state index contributed by atoms with van der Waals surface area (Å²) in [5.41, 5.74) is 10.00. The Hall–Kier alpha value is -11.3. The van der Waals surface area contributed by atoms with Crippen molar-refractivity contribution >= 4 is 71.6 Å². The summed E-state index contributed by atoms with van der Waals surface area (Å²) in [6.45, 7) is 21.5. The van der Waals surface area contributed by atoms with Gasteiger partial charge in [0.25, 0.3) is 0 Å². The number of fused-ring (bicyclic) bond motifs is 8. The highest BCUT2D eigenvalue weighted by molar-refractivity contribution is 5.94. The second kappa shape index (κ2) is 58.7. The minimum atomic E-state index is -0.838. The van der Waals surface area contributed by atoms with Gasteiger partial charge < -0.3 is 75.8 Å². The van der Waals surface area contributed by atoms with E-state index in [1.807, 2.05) is 0 Å². The molecule has 0 fully saturated rings. The summed E-state index contributed by atoms with van der Waals surface area (Å²) in [6, 6.07) is 17.2. The van der Waals surface area contributed by atoms with E-state index in [4.69, 9.17) is 56.8 Å². The SMILES string of the molecule is C=C(CCOC(=O)CC(=O)OC)C(=O)OCCOc1c2cc(CCCCCC)cc1Cc1cc(CCCCCC)cc(c1OCCOC(=O)C(=C)CCOC(=O)CC(=O)OC)Cc1cc(CCCCCC)cc(c1OCCOC(=O)C(=C)CCOC(=O)CC(=O)OC)Cc1cc(CCCCCC)cc(c1OCCOC(=O)C(=C)CCOC(=O)CC(=O)OC)C2. The van der Waals surface area contributed by atoms with Crippen LogP contribution < -0.4 is 18.9 Å². The smallest absolute Gasteiger partial charge is 0.333 e. The van der Waals surface area contributed by atoms with Crippen LogP contribution in [0.5, 0.6) is 23.0 Å². The van der Waals surface area contributed by atoms with Crippen molar-refractivity contribution < 1.29 is 133 Å². The molecule has 0 N–H and O–H groups in total. The molecule has 1 aliphatic rings. The zero-order valence-electron chi connectivity index (χ0n) is 74.0. The van der Waals surface area contributed by atoms with Crippen LogP contribution >= 0.6 is 0 Å². The quantitative estimate of drug-likeness (QED) is 0.0115. The summed E-state index contributed by atoms with van der Waals surface area (Å²) < 4.78 is 90.7. The lowest BCUT2D eigenvalue weighted by molar-refractivity contribution is -0.154. The molecule has 0 amide bonds. The number of hydrogen-bond acceptors (Lipinski definition) is 28. The van der Waals surface area contributed by atoms with Gasteiger partial charge >= 0.3 is 71.6 Å². The summed E-state index contributed by atoms with van der Waals surface area (Å²) in [5, 5.41) is 0. The first-order valence-electron chi connectivity index (χ1n) is 43.2. The molecule has 0 unspecified atom stereocenters. The summed E-state index contributed by atoms with van der Waals surface area (Å²) in [7, 11) is 4.59. The van der Waals surface area contributed by atoms with Gasteiger partial charge in [0.05, 0.1) is 54.9 Å². The average Bonchev–Trinajstić information content (AvgIpc) is 0.771. The molecule has 124 heavy (non-hydrogen) atoms. The van der Waals surface area contributed by atoms with Gasteiger partial charge in [-0.15, -0.1) is 0 Å². The standard InChI is InChI=1S/C96H128O28/c1-13-17-21-25-29-69-49-73-57-75-51-70(30-26-22-18-14-2)53-77(90(75)118-42-46-122-94(106)66(6)34-38-114-86(102)62-82(98)110-10)59-79-55-72(32-28-24-20-16-4)56-80(92(79)120-44-48-124-96(108)68(8)36-40-116-88(104)64-84(100)112-12)60-78-54-71(31-27-23-19-15-3)52-76(91(78)119-43-47-123-95(107)67(7)35-39-115-87(103)63-83(99)111-11)58-74(50-69)89(73)117-41-45-121-93(105)65(5)33-37-113-85(101)61-81(97)109-9/h49-56H,5-8,13-48,57-64H2,1-4,9-12H3. The highest BCUT2D eigenvalue weighted by Gasteiger charge is 2.28. The van der Waals surface area contributed by atoms with Crippen LogP contribution in [0.1, 0.15) is 249 Å². The van der Waals surface area contributed by atoms with E-state index in [9.17, 15) is 57.5 Å². The number of aryl methyl sites for hydroxylation is 4. The van der Waals surface area contributed by atoms with Crippen molar-refractivity contribution in [1.29, 1.82) is 0 Å². The summed E-state index contributed by atoms with van der Waals surface area (Å²) in [4.78, 5) is 151. The van der Waals surface area contributed by atoms with Crippen molar-refractivity contribution in [3.05, 3.63) is 164 Å². The van der Waals surface area contributed by atoms with Crippen molar-refractivity contribution in [2.75, 3.05) is 108 Å². The summed E-state index contributed by atoms with van der Waals surface area (Å²) >= 11 is 0. The lowest BCUT2D eigenvalue weighted by atomic mass is 9.87. The number of rotatable bonds is 60. The summed E-state index contributed by atoms with van der Waals surface area (Å²) in [5.74, 6) is -7.66. The number of benzene rings is 4. The van der Waals surface area contributed by atoms with E-state index in [-0.39, 0.29) is 153 Å². The first-order valence-corrected chi connectivity index (χ1v) is 43.2. The van der Waals surface area contributed by atoms with Crippen molar-refractivity contribution in [3.63, 3.8) is 0 Å². The Balaban J connectivity index is 1.85. The number of ether oxygens (including phenoxy) is 16. The van der Waals surface area contributed by atoms with E-state index in [0.717, 1.165) is 198 Å². The molecule has 5 rings (SSSR count). The summed E-state index contributed by atoms with van der Waals surface area (Å²) in [6.07, 6.45) is 15.9. The third-order valence-electron chi connectivity index (χ3n) is 20.1. The third kappa shape index (κ3) is 39.0. The molecule has 0 saturated carbocycles. The molecule has 0 radical (unpaired) electrons. The van der Waals surface area contributed by atoms with Gasteiger partial charge in [-0.25, -0.2) is 19.2 Å². The number of unbranched alkanes of at least 4 members (excludes halogenated alkanes) is 12. The van der Waals surface area contributed by atoms with Gasteiger partial charge in [0.15, 0.2) is 0 Å². The minimum absolute atomic E-state index is 0.00220. The topological polar surface area (TPSA) is 353 Å². The van der Waals surface area contributed by atoms with Crippen LogP contribution in [-0.4, -0.2) is 179 Å². The Morgan fingerprint density at radius 3 is 0.597 bits per heavy atom. The lowest BCUT2D eigenvalue weighted by Gasteiger charge is -2.25. The van der Waals surface area contributed by atoms with Gasteiger partial charge in [-0.1, -0.05) is 180 Å². The van der Waals surface area contributed by atoms with Gasteiger partial charge in [0.2, 0.25) is 0 Å². The normalized spacial score (nSPS) is 11.3. The van der Waals surface area contributed by atoms with Gasteiger partial charge in [-0.3, -0.25) is 38.4 Å². The zero-order valence-corrected chi connectivity index (χ0v) is 74.0. The Bertz CT molecular complexity index is 3630. The van der Waals surface area contributed by atoms with E-state index in [1.165, 1.54) is 0 Å². The maximum Gasteiger partial charge on any atom is 0.333 e. The third-order valence-corrected chi connectivity index (χ3v) is 20.1. The molecule has 8 bridgehead atoms.